The highest BCUT2D eigenvalue weighted by Gasteiger charge is 2.35. The first kappa shape index (κ1) is 17.2. The van der Waals surface area contributed by atoms with Gasteiger partial charge in [-0.2, -0.15) is 9.61 Å². The summed E-state index contributed by atoms with van der Waals surface area (Å²) in [7, 11) is 4.02. The molecule has 0 amide bonds. The van der Waals surface area contributed by atoms with Gasteiger partial charge in [0.05, 0.1) is 11.3 Å². The molecule has 0 aromatic carbocycles. The highest BCUT2D eigenvalue weighted by Crippen LogP contribution is 2.29. The molecule has 1 aliphatic heterocycles. The second kappa shape index (κ2) is 6.33. The van der Waals surface area contributed by atoms with Gasteiger partial charge in [-0.15, -0.1) is 0 Å². The maximum absolute atomic E-state index is 11.0. The van der Waals surface area contributed by atoms with Gasteiger partial charge in [0.25, 0.3) is 0 Å². The zero-order chi connectivity index (χ0) is 17.5. The van der Waals surface area contributed by atoms with Crippen LogP contribution < -0.4 is 4.90 Å². The SMILES string of the molecule is Cc1cc2nc(C(C)C)cc(N3CCC[C@](O)(CN(C)C)C3)n2n1. The van der Waals surface area contributed by atoms with Crippen LogP contribution in [0.2, 0.25) is 0 Å². The summed E-state index contributed by atoms with van der Waals surface area (Å²) in [5, 5.41) is 15.6. The molecular weight excluding hydrogens is 302 g/mol. The van der Waals surface area contributed by atoms with Crippen molar-refractivity contribution >= 4 is 11.5 Å². The number of aromatic nitrogens is 3. The summed E-state index contributed by atoms with van der Waals surface area (Å²) in [5.41, 5.74) is 2.23. The third-order valence-corrected chi connectivity index (χ3v) is 4.63. The molecule has 0 radical (unpaired) electrons. The number of fused-ring (bicyclic) bond motifs is 1. The summed E-state index contributed by atoms with van der Waals surface area (Å²) in [5.74, 6) is 1.39. The Kier molecular flexibility index (Phi) is 4.53. The first-order valence-electron chi connectivity index (χ1n) is 8.77. The van der Waals surface area contributed by atoms with E-state index in [4.69, 9.17) is 4.98 Å². The van der Waals surface area contributed by atoms with Gasteiger partial charge in [-0.05, 0) is 39.8 Å². The summed E-state index contributed by atoms with van der Waals surface area (Å²) in [4.78, 5) is 9.06. The Morgan fingerprint density at radius 3 is 2.75 bits per heavy atom. The number of likely N-dealkylation sites (N-methyl/N-ethyl adjacent to an activating group) is 1. The molecule has 1 N–H and O–H groups in total. The fourth-order valence-corrected chi connectivity index (χ4v) is 3.64. The summed E-state index contributed by atoms with van der Waals surface area (Å²) >= 11 is 0. The average Bonchev–Trinajstić information content (AvgIpc) is 2.84. The molecule has 0 spiro atoms. The lowest BCUT2D eigenvalue weighted by Gasteiger charge is -2.41. The Bertz CT molecular complexity index is 724. The Morgan fingerprint density at radius 2 is 2.08 bits per heavy atom. The molecule has 2 aromatic heterocycles. The van der Waals surface area contributed by atoms with Crippen molar-refractivity contribution in [3.05, 3.63) is 23.5 Å². The zero-order valence-corrected chi connectivity index (χ0v) is 15.5. The van der Waals surface area contributed by atoms with Gasteiger partial charge in [-0.3, -0.25) is 0 Å². The van der Waals surface area contributed by atoms with Crippen LogP contribution in [0.4, 0.5) is 5.82 Å². The molecule has 3 rings (SSSR count). The molecule has 1 fully saturated rings. The maximum Gasteiger partial charge on any atom is 0.157 e. The second-order valence-corrected chi connectivity index (χ2v) is 7.74. The van der Waals surface area contributed by atoms with Crippen molar-refractivity contribution in [1.82, 2.24) is 19.5 Å². The van der Waals surface area contributed by atoms with Crippen molar-refractivity contribution in [2.24, 2.45) is 0 Å². The van der Waals surface area contributed by atoms with Gasteiger partial charge in [-0.25, -0.2) is 4.98 Å². The number of aliphatic hydroxyl groups is 1. The van der Waals surface area contributed by atoms with E-state index < -0.39 is 5.60 Å². The Morgan fingerprint density at radius 1 is 1.33 bits per heavy atom. The number of rotatable bonds is 4. The van der Waals surface area contributed by atoms with Crippen molar-refractivity contribution in [2.45, 2.75) is 45.1 Å². The van der Waals surface area contributed by atoms with Crippen LogP contribution in [0.25, 0.3) is 5.65 Å². The van der Waals surface area contributed by atoms with E-state index in [-0.39, 0.29) is 0 Å². The van der Waals surface area contributed by atoms with Crippen LogP contribution in [0.1, 0.15) is 44.0 Å². The maximum atomic E-state index is 11.0. The predicted octanol–water partition coefficient (Wildman–Crippen LogP) is 2.05. The quantitative estimate of drug-likeness (QED) is 0.929. The minimum Gasteiger partial charge on any atom is -0.387 e. The van der Waals surface area contributed by atoms with Crippen molar-refractivity contribution in [3.8, 4) is 0 Å². The topological polar surface area (TPSA) is 56.9 Å². The van der Waals surface area contributed by atoms with Crippen LogP contribution in [0.15, 0.2) is 12.1 Å². The molecule has 6 nitrogen and oxygen atoms in total. The number of β-amino-alcohol motifs (C(OH)–C–C–N with tert-alkyl or cyclic N) is 1. The molecule has 0 unspecified atom stereocenters. The molecule has 6 heteroatoms. The highest BCUT2D eigenvalue weighted by molar-refractivity contribution is 5.53. The van der Waals surface area contributed by atoms with E-state index in [1.165, 1.54) is 0 Å². The van der Waals surface area contributed by atoms with E-state index in [2.05, 4.69) is 34.8 Å². The van der Waals surface area contributed by atoms with E-state index in [1.807, 2.05) is 31.6 Å². The Balaban J connectivity index is 2.01. The van der Waals surface area contributed by atoms with Gasteiger partial charge in [0.1, 0.15) is 5.82 Å². The number of nitrogens with zero attached hydrogens (tertiary/aromatic N) is 5. The first-order chi connectivity index (χ1) is 11.3. The van der Waals surface area contributed by atoms with E-state index in [9.17, 15) is 5.11 Å². The van der Waals surface area contributed by atoms with E-state index in [0.29, 0.717) is 19.0 Å². The van der Waals surface area contributed by atoms with Gasteiger partial charge < -0.3 is 14.9 Å². The standard InChI is InChI=1S/C18H29N5O/c1-13(2)15-10-17(23-16(19-15)9-14(3)20-23)22-8-6-7-18(24,12-22)11-21(4)5/h9-10,13,24H,6-8,11-12H2,1-5H3/t18-/m0/s1. The molecule has 0 saturated carbocycles. The monoisotopic (exact) mass is 331 g/mol. The fourth-order valence-electron chi connectivity index (χ4n) is 3.64. The van der Waals surface area contributed by atoms with Crippen molar-refractivity contribution in [2.75, 3.05) is 38.6 Å². The summed E-state index contributed by atoms with van der Waals surface area (Å²) < 4.78 is 1.92. The van der Waals surface area contributed by atoms with Gasteiger partial charge in [-0.1, -0.05) is 13.8 Å². The molecular formula is C18H29N5O. The largest absolute Gasteiger partial charge is 0.387 e. The van der Waals surface area contributed by atoms with E-state index in [1.54, 1.807) is 0 Å². The number of aryl methyl sites for hydroxylation is 1. The fraction of sp³-hybridized carbons (Fsp3) is 0.667. The van der Waals surface area contributed by atoms with Crippen molar-refractivity contribution < 1.29 is 5.11 Å². The number of hydrogen-bond acceptors (Lipinski definition) is 5. The Hall–Kier alpha value is -1.66. The minimum atomic E-state index is -0.683. The minimum absolute atomic E-state index is 0.356. The second-order valence-electron chi connectivity index (χ2n) is 7.74. The third-order valence-electron chi connectivity index (χ3n) is 4.63. The van der Waals surface area contributed by atoms with Crippen LogP contribution >= 0.6 is 0 Å². The van der Waals surface area contributed by atoms with Crippen molar-refractivity contribution in [3.63, 3.8) is 0 Å². The molecule has 0 bridgehead atoms. The smallest absolute Gasteiger partial charge is 0.157 e. The van der Waals surface area contributed by atoms with Gasteiger partial charge in [0.2, 0.25) is 0 Å². The highest BCUT2D eigenvalue weighted by atomic mass is 16.3. The van der Waals surface area contributed by atoms with Gasteiger partial charge in [0, 0.05) is 37.5 Å². The van der Waals surface area contributed by atoms with Crippen LogP contribution in [-0.4, -0.2) is 63.9 Å². The normalized spacial score (nSPS) is 22.1. The average molecular weight is 331 g/mol. The van der Waals surface area contributed by atoms with E-state index >= 15 is 0 Å². The van der Waals surface area contributed by atoms with Crippen molar-refractivity contribution in [1.29, 1.82) is 0 Å². The molecule has 2 aromatic rings. The van der Waals surface area contributed by atoms with Crippen LogP contribution in [-0.2, 0) is 0 Å². The molecule has 3 heterocycles. The lowest BCUT2D eigenvalue weighted by molar-refractivity contribution is 0.00343. The third kappa shape index (κ3) is 3.39. The van der Waals surface area contributed by atoms with Crippen LogP contribution in [0.5, 0.6) is 0 Å². The number of piperidine rings is 1. The lowest BCUT2D eigenvalue weighted by Crippen LogP contribution is -2.53. The number of hydrogen-bond donors (Lipinski definition) is 1. The summed E-state index contributed by atoms with van der Waals surface area (Å²) in [6.45, 7) is 8.54. The van der Waals surface area contributed by atoms with Gasteiger partial charge in [0.15, 0.2) is 5.65 Å². The molecule has 0 aliphatic carbocycles. The molecule has 132 valence electrons. The summed E-state index contributed by atoms with van der Waals surface area (Å²) in [6.07, 6.45) is 1.82. The van der Waals surface area contributed by atoms with Gasteiger partial charge >= 0.3 is 0 Å². The first-order valence-corrected chi connectivity index (χ1v) is 8.77. The summed E-state index contributed by atoms with van der Waals surface area (Å²) in [6, 6.07) is 4.15. The number of anilines is 1. The predicted molar refractivity (Wildman–Crippen MR) is 96.8 cm³/mol. The molecule has 24 heavy (non-hydrogen) atoms. The molecule has 1 atom stereocenters. The Labute approximate surface area is 144 Å². The zero-order valence-electron chi connectivity index (χ0n) is 15.5. The molecule has 1 saturated heterocycles. The van der Waals surface area contributed by atoms with Crippen LogP contribution in [0, 0.1) is 6.92 Å². The van der Waals surface area contributed by atoms with Crippen LogP contribution in [0.3, 0.4) is 0 Å². The van der Waals surface area contributed by atoms with E-state index in [0.717, 1.165) is 42.2 Å². The molecule has 1 aliphatic rings. The lowest BCUT2D eigenvalue weighted by atomic mass is 9.92.